The molecule has 0 saturated heterocycles. The molecule has 0 rings (SSSR count). The molecule has 3 N–H and O–H groups in total. The van der Waals surface area contributed by atoms with Gasteiger partial charge in [-0.05, 0) is 18.8 Å². The first kappa shape index (κ1) is 14.9. The number of carboxylic acids is 1. The molecule has 0 heterocycles. The Morgan fingerprint density at radius 1 is 1.38 bits per heavy atom. The SMILES string of the molecule is CC[C@H](C)[C@H](N)C(=O)OCCCCC(=O)O. The largest absolute Gasteiger partial charge is 0.481 e. The zero-order chi connectivity index (χ0) is 12.6. The van der Waals surface area contributed by atoms with E-state index in [1.807, 2.05) is 13.8 Å². The van der Waals surface area contributed by atoms with Gasteiger partial charge in [-0.1, -0.05) is 20.3 Å². The third kappa shape index (κ3) is 6.40. The Labute approximate surface area is 96.0 Å². The van der Waals surface area contributed by atoms with Gasteiger partial charge in [0.15, 0.2) is 0 Å². The van der Waals surface area contributed by atoms with Crippen molar-refractivity contribution in [2.45, 2.75) is 45.6 Å². The van der Waals surface area contributed by atoms with Crippen LogP contribution in [0.25, 0.3) is 0 Å². The van der Waals surface area contributed by atoms with E-state index in [4.69, 9.17) is 15.6 Å². The summed E-state index contributed by atoms with van der Waals surface area (Å²) in [5.41, 5.74) is 5.67. The quantitative estimate of drug-likeness (QED) is 0.483. The van der Waals surface area contributed by atoms with E-state index < -0.39 is 18.0 Å². The zero-order valence-electron chi connectivity index (χ0n) is 9.94. The molecule has 5 nitrogen and oxygen atoms in total. The number of carboxylic acid groups (broad SMARTS) is 1. The molecule has 0 unspecified atom stereocenters. The van der Waals surface area contributed by atoms with Crippen molar-refractivity contribution in [3.8, 4) is 0 Å². The number of unbranched alkanes of at least 4 members (excludes halogenated alkanes) is 1. The number of carbonyl (C=O) groups is 2. The highest BCUT2D eigenvalue weighted by molar-refractivity contribution is 5.75. The minimum absolute atomic E-state index is 0.103. The molecule has 0 aromatic rings. The summed E-state index contributed by atoms with van der Waals surface area (Å²) in [4.78, 5) is 21.6. The Kier molecular flexibility index (Phi) is 7.54. The topological polar surface area (TPSA) is 89.6 Å². The van der Waals surface area contributed by atoms with Crippen LogP contribution in [-0.2, 0) is 14.3 Å². The van der Waals surface area contributed by atoms with Crippen LogP contribution in [0.5, 0.6) is 0 Å². The van der Waals surface area contributed by atoms with Crippen LogP contribution in [0, 0.1) is 5.92 Å². The van der Waals surface area contributed by atoms with Gasteiger partial charge in [0.05, 0.1) is 6.61 Å². The summed E-state index contributed by atoms with van der Waals surface area (Å²) in [5.74, 6) is -1.13. The second kappa shape index (κ2) is 8.10. The lowest BCUT2D eigenvalue weighted by Crippen LogP contribution is -2.38. The summed E-state index contributed by atoms with van der Waals surface area (Å²) in [6.07, 6.45) is 2.01. The third-order valence-electron chi connectivity index (χ3n) is 2.56. The van der Waals surface area contributed by atoms with Gasteiger partial charge in [-0.3, -0.25) is 9.59 Å². The molecule has 0 aliphatic heterocycles. The van der Waals surface area contributed by atoms with Gasteiger partial charge in [-0.25, -0.2) is 0 Å². The van der Waals surface area contributed by atoms with E-state index in [2.05, 4.69) is 0 Å². The highest BCUT2D eigenvalue weighted by Gasteiger charge is 2.20. The number of ether oxygens (including phenoxy) is 1. The maximum atomic E-state index is 11.4. The number of nitrogens with two attached hydrogens (primary N) is 1. The van der Waals surface area contributed by atoms with E-state index in [1.54, 1.807) is 0 Å². The molecular weight excluding hydrogens is 210 g/mol. The smallest absolute Gasteiger partial charge is 0.323 e. The molecule has 0 aliphatic rings. The predicted molar refractivity (Wildman–Crippen MR) is 59.9 cm³/mol. The molecule has 0 fully saturated rings. The van der Waals surface area contributed by atoms with Crippen molar-refractivity contribution >= 4 is 11.9 Å². The molecule has 0 saturated carbocycles. The normalized spacial score (nSPS) is 14.2. The van der Waals surface area contributed by atoms with Gasteiger partial charge in [0.2, 0.25) is 0 Å². The van der Waals surface area contributed by atoms with E-state index in [-0.39, 0.29) is 18.9 Å². The monoisotopic (exact) mass is 231 g/mol. The number of aliphatic carboxylic acids is 1. The zero-order valence-corrected chi connectivity index (χ0v) is 9.94. The van der Waals surface area contributed by atoms with Crippen molar-refractivity contribution in [2.75, 3.05) is 6.61 Å². The van der Waals surface area contributed by atoms with Gasteiger partial charge in [-0.15, -0.1) is 0 Å². The van der Waals surface area contributed by atoms with E-state index >= 15 is 0 Å². The standard InChI is InChI=1S/C11H21NO4/c1-3-8(2)10(12)11(15)16-7-5-4-6-9(13)14/h8,10H,3-7,12H2,1-2H3,(H,13,14)/t8-,10-/m0/s1. The van der Waals surface area contributed by atoms with Crippen molar-refractivity contribution in [1.29, 1.82) is 0 Å². The number of hydrogen-bond donors (Lipinski definition) is 2. The molecule has 0 spiro atoms. The molecule has 0 aromatic carbocycles. The van der Waals surface area contributed by atoms with Crippen molar-refractivity contribution in [1.82, 2.24) is 0 Å². The molecule has 0 aliphatic carbocycles. The van der Waals surface area contributed by atoms with Crippen LogP contribution in [0.4, 0.5) is 0 Å². The second-order valence-electron chi connectivity index (χ2n) is 3.93. The molecule has 16 heavy (non-hydrogen) atoms. The van der Waals surface area contributed by atoms with Crippen molar-refractivity contribution in [2.24, 2.45) is 11.7 Å². The van der Waals surface area contributed by atoms with E-state index in [0.29, 0.717) is 12.8 Å². The van der Waals surface area contributed by atoms with Crippen LogP contribution in [-0.4, -0.2) is 29.7 Å². The van der Waals surface area contributed by atoms with Crippen LogP contribution in [0.15, 0.2) is 0 Å². The Bertz CT molecular complexity index is 230. The van der Waals surface area contributed by atoms with E-state index in [0.717, 1.165) is 6.42 Å². The second-order valence-corrected chi connectivity index (χ2v) is 3.93. The Hall–Kier alpha value is -1.10. The third-order valence-corrected chi connectivity index (χ3v) is 2.56. The predicted octanol–water partition coefficient (Wildman–Crippen LogP) is 1.16. The highest BCUT2D eigenvalue weighted by atomic mass is 16.5. The van der Waals surface area contributed by atoms with Gasteiger partial charge in [0.1, 0.15) is 6.04 Å². The van der Waals surface area contributed by atoms with Crippen LogP contribution >= 0.6 is 0 Å². The van der Waals surface area contributed by atoms with Gasteiger partial charge < -0.3 is 15.6 Å². The molecule has 2 atom stereocenters. The summed E-state index contributed by atoms with van der Waals surface area (Å²) in [6, 6.07) is -0.579. The fraction of sp³-hybridized carbons (Fsp3) is 0.818. The van der Waals surface area contributed by atoms with Crippen molar-refractivity contribution in [3.05, 3.63) is 0 Å². The minimum Gasteiger partial charge on any atom is -0.481 e. The molecular formula is C11H21NO4. The van der Waals surface area contributed by atoms with E-state index in [9.17, 15) is 9.59 Å². The van der Waals surface area contributed by atoms with Crippen LogP contribution in [0.3, 0.4) is 0 Å². The average molecular weight is 231 g/mol. The fourth-order valence-electron chi connectivity index (χ4n) is 1.13. The molecule has 0 radical (unpaired) electrons. The lowest BCUT2D eigenvalue weighted by atomic mass is 10.0. The highest BCUT2D eigenvalue weighted by Crippen LogP contribution is 2.07. The number of rotatable bonds is 8. The lowest BCUT2D eigenvalue weighted by molar-refractivity contribution is -0.146. The average Bonchev–Trinajstić information content (AvgIpc) is 2.25. The first-order chi connectivity index (χ1) is 7.49. The lowest BCUT2D eigenvalue weighted by Gasteiger charge is -2.16. The molecule has 0 bridgehead atoms. The van der Waals surface area contributed by atoms with Crippen LogP contribution in [0.1, 0.15) is 39.5 Å². The molecule has 94 valence electrons. The number of hydrogen-bond acceptors (Lipinski definition) is 4. The van der Waals surface area contributed by atoms with Gasteiger partial charge in [0, 0.05) is 6.42 Å². The maximum Gasteiger partial charge on any atom is 0.323 e. The van der Waals surface area contributed by atoms with Gasteiger partial charge in [0.25, 0.3) is 0 Å². The summed E-state index contributed by atoms with van der Waals surface area (Å²) in [5, 5.41) is 8.39. The van der Waals surface area contributed by atoms with E-state index in [1.165, 1.54) is 0 Å². The van der Waals surface area contributed by atoms with Crippen LogP contribution in [0.2, 0.25) is 0 Å². The van der Waals surface area contributed by atoms with Crippen molar-refractivity contribution in [3.63, 3.8) is 0 Å². The Morgan fingerprint density at radius 3 is 2.50 bits per heavy atom. The fourth-order valence-corrected chi connectivity index (χ4v) is 1.13. The Morgan fingerprint density at radius 2 is 2.00 bits per heavy atom. The van der Waals surface area contributed by atoms with Gasteiger partial charge >= 0.3 is 11.9 Å². The first-order valence-electron chi connectivity index (χ1n) is 5.63. The van der Waals surface area contributed by atoms with Crippen LogP contribution < -0.4 is 5.73 Å². The number of carbonyl (C=O) groups excluding carboxylic acids is 1. The summed E-state index contributed by atoms with van der Waals surface area (Å²) in [7, 11) is 0. The summed E-state index contributed by atoms with van der Waals surface area (Å²) in [6.45, 7) is 4.11. The summed E-state index contributed by atoms with van der Waals surface area (Å²) < 4.78 is 4.95. The minimum atomic E-state index is -0.831. The maximum absolute atomic E-state index is 11.4. The molecule has 5 heteroatoms. The summed E-state index contributed by atoms with van der Waals surface area (Å²) >= 11 is 0. The number of esters is 1. The first-order valence-corrected chi connectivity index (χ1v) is 5.63. The van der Waals surface area contributed by atoms with Gasteiger partial charge in [-0.2, -0.15) is 0 Å². The van der Waals surface area contributed by atoms with Crippen molar-refractivity contribution < 1.29 is 19.4 Å². The molecule has 0 amide bonds. The molecule has 0 aromatic heterocycles. The Balaban J connectivity index is 3.61.